The number of aryl methyl sites for hydroxylation is 1. The third-order valence-corrected chi connectivity index (χ3v) is 2.53. The van der Waals surface area contributed by atoms with Crippen molar-refractivity contribution in [3.05, 3.63) is 53.7 Å². The van der Waals surface area contributed by atoms with E-state index in [9.17, 15) is 4.79 Å². The van der Waals surface area contributed by atoms with Crippen molar-refractivity contribution in [1.82, 2.24) is 4.98 Å². The van der Waals surface area contributed by atoms with E-state index < -0.39 is 0 Å². The van der Waals surface area contributed by atoms with Gasteiger partial charge in [-0.15, -0.1) is 0 Å². The predicted octanol–water partition coefficient (Wildman–Crippen LogP) is 2.84. The first-order valence-corrected chi connectivity index (χ1v) is 5.32. The van der Waals surface area contributed by atoms with E-state index in [1.807, 2.05) is 37.3 Å². The summed E-state index contributed by atoms with van der Waals surface area (Å²) in [5.74, 6) is -0.368. The van der Waals surface area contributed by atoms with E-state index >= 15 is 0 Å². The van der Waals surface area contributed by atoms with Crippen LogP contribution in [0.2, 0.25) is 0 Å². The Kier molecular flexibility index (Phi) is 3.19. The molecule has 0 saturated carbocycles. The average Bonchev–Trinajstić information content (AvgIpc) is 2.39. The summed E-state index contributed by atoms with van der Waals surface area (Å²) in [5, 5.41) is 0. The molecule has 0 unspecified atom stereocenters. The van der Waals surface area contributed by atoms with Crippen LogP contribution in [0.4, 0.5) is 0 Å². The zero-order valence-electron chi connectivity index (χ0n) is 9.81. The van der Waals surface area contributed by atoms with E-state index in [0.717, 1.165) is 11.3 Å². The first-order valence-electron chi connectivity index (χ1n) is 5.32. The van der Waals surface area contributed by atoms with Gasteiger partial charge in [0.15, 0.2) is 0 Å². The molecule has 3 nitrogen and oxygen atoms in total. The molecule has 0 bridgehead atoms. The molecule has 0 aliphatic heterocycles. The van der Waals surface area contributed by atoms with Crippen molar-refractivity contribution in [3.8, 4) is 11.3 Å². The lowest BCUT2D eigenvalue weighted by molar-refractivity contribution is 0.0600. The number of hydrogen-bond donors (Lipinski definition) is 0. The summed E-state index contributed by atoms with van der Waals surface area (Å²) in [4.78, 5) is 15.5. The molecule has 2 aromatic rings. The Bertz CT molecular complexity index is 515. The van der Waals surface area contributed by atoms with Crippen molar-refractivity contribution < 1.29 is 9.53 Å². The van der Waals surface area contributed by atoms with Gasteiger partial charge in [0.05, 0.1) is 18.4 Å². The van der Waals surface area contributed by atoms with Gasteiger partial charge in [-0.25, -0.2) is 4.79 Å². The second-order valence-corrected chi connectivity index (χ2v) is 3.79. The average molecular weight is 227 g/mol. The second-order valence-electron chi connectivity index (χ2n) is 3.79. The van der Waals surface area contributed by atoms with E-state index in [-0.39, 0.29) is 5.97 Å². The van der Waals surface area contributed by atoms with Gasteiger partial charge in [-0.05, 0) is 19.1 Å². The highest BCUT2D eigenvalue weighted by Crippen LogP contribution is 2.17. The van der Waals surface area contributed by atoms with Crippen LogP contribution in [0.25, 0.3) is 11.3 Å². The molecular weight excluding hydrogens is 214 g/mol. The number of carbonyl (C=O) groups excluding carboxylic acids is 1. The van der Waals surface area contributed by atoms with E-state index in [4.69, 9.17) is 0 Å². The number of methoxy groups -OCH3 is 1. The minimum Gasteiger partial charge on any atom is -0.465 e. The minimum atomic E-state index is -0.368. The fourth-order valence-corrected chi connectivity index (χ4v) is 1.53. The van der Waals surface area contributed by atoms with Gasteiger partial charge in [0.1, 0.15) is 0 Å². The smallest absolute Gasteiger partial charge is 0.339 e. The standard InChI is InChI=1S/C14H13NO2/c1-10-3-5-11(6-4-10)13-8-7-12(9-15-13)14(16)17-2/h3-9H,1-2H3. The number of benzene rings is 1. The van der Waals surface area contributed by atoms with Crippen molar-refractivity contribution in [3.63, 3.8) is 0 Å². The zero-order chi connectivity index (χ0) is 12.3. The third-order valence-electron chi connectivity index (χ3n) is 2.53. The summed E-state index contributed by atoms with van der Waals surface area (Å²) >= 11 is 0. The van der Waals surface area contributed by atoms with Gasteiger partial charge in [-0.3, -0.25) is 4.98 Å². The molecule has 1 heterocycles. The molecule has 17 heavy (non-hydrogen) atoms. The van der Waals surface area contributed by atoms with Crippen molar-refractivity contribution >= 4 is 5.97 Å². The molecule has 1 aromatic heterocycles. The molecule has 0 saturated heterocycles. The lowest BCUT2D eigenvalue weighted by Gasteiger charge is -2.03. The van der Waals surface area contributed by atoms with Crippen molar-refractivity contribution in [2.24, 2.45) is 0 Å². The quantitative estimate of drug-likeness (QED) is 0.740. The summed E-state index contributed by atoms with van der Waals surface area (Å²) < 4.78 is 4.62. The predicted molar refractivity (Wildman–Crippen MR) is 65.7 cm³/mol. The van der Waals surface area contributed by atoms with Crippen LogP contribution >= 0.6 is 0 Å². The second kappa shape index (κ2) is 4.78. The van der Waals surface area contributed by atoms with E-state index in [1.165, 1.54) is 18.9 Å². The molecule has 0 aliphatic carbocycles. The maximum absolute atomic E-state index is 11.2. The Labute approximate surface area is 100 Å². The summed E-state index contributed by atoms with van der Waals surface area (Å²) in [7, 11) is 1.36. The highest BCUT2D eigenvalue weighted by Gasteiger charge is 2.06. The molecule has 0 amide bonds. The Balaban J connectivity index is 2.29. The Hall–Kier alpha value is -2.16. The zero-order valence-corrected chi connectivity index (χ0v) is 9.81. The first kappa shape index (κ1) is 11.3. The molecule has 0 N–H and O–H groups in total. The molecule has 0 fully saturated rings. The normalized spacial score (nSPS) is 10.0. The number of aromatic nitrogens is 1. The minimum absolute atomic E-state index is 0.368. The van der Waals surface area contributed by atoms with Gasteiger partial charge in [0, 0.05) is 11.8 Å². The maximum Gasteiger partial charge on any atom is 0.339 e. The van der Waals surface area contributed by atoms with Crippen molar-refractivity contribution in [2.45, 2.75) is 6.92 Å². The van der Waals surface area contributed by atoms with Crippen LogP contribution in [0.5, 0.6) is 0 Å². The van der Waals surface area contributed by atoms with Crippen LogP contribution in [0, 0.1) is 6.92 Å². The molecule has 0 spiro atoms. The summed E-state index contributed by atoms with van der Waals surface area (Å²) in [6.45, 7) is 2.04. The van der Waals surface area contributed by atoms with Crippen LogP contribution in [-0.4, -0.2) is 18.1 Å². The number of rotatable bonds is 2. The van der Waals surface area contributed by atoms with Crippen LogP contribution in [0.1, 0.15) is 15.9 Å². The van der Waals surface area contributed by atoms with Crippen LogP contribution in [0.15, 0.2) is 42.6 Å². The third kappa shape index (κ3) is 2.50. The van der Waals surface area contributed by atoms with Gasteiger partial charge < -0.3 is 4.74 Å². The number of carbonyl (C=O) groups is 1. The summed E-state index contributed by atoms with van der Waals surface area (Å²) in [5.41, 5.74) is 3.55. The molecule has 0 aliphatic rings. The maximum atomic E-state index is 11.2. The number of ether oxygens (including phenoxy) is 1. The Morgan fingerprint density at radius 1 is 1.12 bits per heavy atom. The monoisotopic (exact) mass is 227 g/mol. The highest BCUT2D eigenvalue weighted by atomic mass is 16.5. The van der Waals surface area contributed by atoms with E-state index in [0.29, 0.717) is 5.56 Å². The molecule has 3 heteroatoms. The topological polar surface area (TPSA) is 39.2 Å². The largest absolute Gasteiger partial charge is 0.465 e. The van der Waals surface area contributed by atoms with Crippen LogP contribution < -0.4 is 0 Å². The van der Waals surface area contributed by atoms with E-state index in [2.05, 4.69) is 9.72 Å². The molecule has 0 atom stereocenters. The highest BCUT2D eigenvalue weighted by molar-refractivity contribution is 5.89. The fraction of sp³-hybridized carbons (Fsp3) is 0.143. The van der Waals surface area contributed by atoms with Gasteiger partial charge in [0.2, 0.25) is 0 Å². The number of nitrogens with zero attached hydrogens (tertiary/aromatic N) is 1. The van der Waals surface area contributed by atoms with Crippen LogP contribution in [-0.2, 0) is 4.74 Å². The van der Waals surface area contributed by atoms with Crippen molar-refractivity contribution in [1.29, 1.82) is 0 Å². The van der Waals surface area contributed by atoms with Gasteiger partial charge in [-0.1, -0.05) is 29.8 Å². The van der Waals surface area contributed by atoms with Gasteiger partial charge in [0.25, 0.3) is 0 Å². The van der Waals surface area contributed by atoms with E-state index in [1.54, 1.807) is 6.07 Å². The number of hydrogen-bond acceptors (Lipinski definition) is 3. The molecule has 1 aromatic carbocycles. The Morgan fingerprint density at radius 2 is 1.82 bits per heavy atom. The van der Waals surface area contributed by atoms with Gasteiger partial charge in [-0.2, -0.15) is 0 Å². The van der Waals surface area contributed by atoms with Gasteiger partial charge >= 0.3 is 5.97 Å². The summed E-state index contributed by atoms with van der Waals surface area (Å²) in [6, 6.07) is 11.6. The lowest BCUT2D eigenvalue weighted by Crippen LogP contribution is -2.01. The molecule has 2 rings (SSSR count). The van der Waals surface area contributed by atoms with Crippen LogP contribution in [0.3, 0.4) is 0 Å². The van der Waals surface area contributed by atoms with Crippen molar-refractivity contribution in [2.75, 3.05) is 7.11 Å². The fourth-order valence-electron chi connectivity index (χ4n) is 1.53. The SMILES string of the molecule is COC(=O)c1ccc(-c2ccc(C)cc2)nc1. The molecule has 0 radical (unpaired) electrons. The lowest BCUT2D eigenvalue weighted by atomic mass is 10.1. The first-order chi connectivity index (χ1) is 8.20. The molecular formula is C14H13NO2. The summed E-state index contributed by atoms with van der Waals surface area (Å²) in [6.07, 6.45) is 1.53. The number of esters is 1. The molecule has 86 valence electrons. The Morgan fingerprint density at radius 3 is 2.35 bits per heavy atom. The number of pyridine rings is 1.